The third-order valence-electron chi connectivity index (χ3n) is 5.98. The molecule has 7 nitrogen and oxygen atoms in total. The van der Waals surface area contributed by atoms with Gasteiger partial charge in [-0.05, 0) is 43.5 Å². The van der Waals surface area contributed by atoms with Crippen molar-refractivity contribution in [1.29, 1.82) is 0 Å². The number of carbonyl (C=O) groups is 1. The number of rotatable bonds is 5. The fraction of sp³-hybridized carbons (Fsp3) is 0.391. The van der Waals surface area contributed by atoms with Crippen LogP contribution >= 0.6 is 11.3 Å². The average molecular weight is 453 g/mol. The van der Waals surface area contributed by atoms with Gasteiger partial charge in [0.1, 0.15) is 16.5 Å². The quantitative estimate of drug-likeness (QED) is 0.455. The first-order valence-corrected chi connectivity index (χ1v) is 11.7. The summed E-state index contributed by atoms with van der Waals surface area (Å²) >= 11 is 1.44. The summed E-state index contributed by atoms with van der Waals surface area (Å²) in [6.07, 6.45) is 4.41. The predicted octanol–water partition coefficient (Wildman–Crippen LogP) is 4.18. The number of nitrogens with zero attached hydrogens (tertiary/aromatic N) is 6. The predicted molar refractivity (Wildman–Crippen MR) is 121 cm³/mol. The topological polar surface area (TPSA) is 68.8 Å². The first-order valence-electron chi connectivity index (χ1n) is 10.9. The highest BCUT2D eigenvalue weighted by molar-refractivity contribution is 7.20. The lowest BCUT2D eigenvalue weighted by Gasteiger charge is -2.16. The van der Waals surface area contributed by atoms with Crippen molar-refractivity contribution in [3.8, 4) is 0 Å². The number of hydrogen-bond donors (Lipinski definition) is 0. The first kappa shape index (κ1) is 20.8. The molecule has 5 rings (SSSR count). The standard InChI is InChI=1S/C23H25FN6OS/c1-15-18-12-19(32-23(18)30(27-15)13-16-7-9-17(24)10-8-16)22(31)28(2)14-21-26-25-20-6-4-3-5-11-29(20)21/h7-10,12H,3-6,11,13-14H2,1-2H3. The van der Waals surface area contributed by atoms with Crippen molar-refractivity contribution >= 4 is 27.5 Å². The second kappa shape index (κ2) is 8.46. The summed E-state index contributed by atoms with van der Waals surface area (Å²) in [5.41, 5.74) is 1.84. The summed E-state index contributed by atoms with van der Waals surface area (Å²) in [6, 6.07) is 8.34. The first-order chi connectivity index (χ1) is 15.5. The second-order valence-corrected chi connectivity index (χ2v) is 9.39. The summed E-state index contributed by atoms with van der Waals surface area (Å²) in [5, 5.41) is 14.3. The molecule has 0 bridgehead atoms. The fourth-order valence-corrected chi connectivity index (χ4v) is 5.38. The zero-order valence-corrected chi connectivity index (χ0v) is 19.0. The molecule has 0 saturated heterocycles. The van der Waals surface area contributed by atoms with Crippen molar-refractivity contribution in [2.24, 2.45) is 0 Å². The van der Waals surface area contributed by atoms with Crippen LogP contribution in [0.3, 0.4) is 0 Å². The molecular weight excluding hydrogens is 427 g/mol. The minimum Gasteiger partial charge on any atom is -0.333 e. The summed E-state index contributed by atoms with van der Waals surface area (Å²) in [4.78, 5) is 16.5. The van der Waals surface area contributed by atoms with Gasteiger partial charge < -0.3 is 9.47 Å². The number of thiophene rings is 1. The third kappa shape index (κ3) is 3.92. The van der Waals surface area contributed by atoms with Crippen LogP contribution in [0, 0.1) is 12.7 Å². The number of aryl methyl sites for hydroxylation is 2. The van der Waals surface area contributed by atoms with Gasteiger partial charge in [-0.15, -0.1) is 21.5 Å². The molecule has 0 unspecified atom stereocenters. The van der Waals surface area contributed by atoms with E-state index in [4.69, 9.17) is 0 Å². The Kier molecular flexibility index (Phi) is 5.50. The van der Waals surface area contributed by atoms with Gasteiger partial charge >= 0.3 is 0 Å². The largest absolute Gasteiger partial charge is 0.333 e. The Morgan fingerprint density at radius 1 is 1.19 bits per heavy atom. The van der Waals surface area contributed by atoms with Crippen molar-refractivity contribution in [1.82, 2.24) is 29.4 Å². The van der Waals surface area contributed by atoms with Crippen LogP contribution in [-0.4, -0.2) is 42.4 Å². The molecule has 3 aromatic heterocycles. The molecule has 0 aliphatic carbocycles. The minimum absolute atomic E-state index is 0.0371. The molecule has 0 fully saturated rings. The molecule has 0 spiro atoms. The molecule has 166 valence electrons. The van der Waals surface area contributed by atoms with Crippen LogP contribution in [0.25, 0.3) is 10.2 Å². The van der Waals surface area contributed by atoms with E-state index in [0.29, 0.717) is 18.0 Å². The van der Waals surface area contributed by atoms with E-state index in [0.717, 1.165) is 58.9 Å². The fourth-order valence-electron chi connectivity index (χ4n) is 4.22. The molecular formula is C23H25FN6OS. The van der Waals surface area contributed by atoms with Crippen LogP contribution in [-0.2, 0) is 26.1 Å². The molecule has 1 amide bonds. The maximum atomic E-state index is 13.2. The molecule has 0 radical (unpaired) electrons. The summed E-state index contributed by atoms with van der Waals surface area (Å²) in [5.74, 6) is 1.58. The Labute approximate surface area is 189 Å². The maximum absolute atomic E-state index is 13.2. The second-order valence-electron chi connectivity index (χ2n) is 8.35. The number of halogens is 1. The normalized spacial score (nSPS) is 13.8. The van der Waals surface area contributed by atoms with Gasteiger partial charge in [-0.2, -0.15) is 5.10 Å². The van der Waals surface area contributed by atoms with Gasteiger partial charge in [-0.25, -0.2) is 4.39 Å². The van der Waals surface area contributed by atoms with Crippen LogP contribution in [0.1, 0.15) is 51.8 Å². The Morgan fingerprint density at radius 3 is 2.81 bits per heavy atom. The van der Waals surface area contributed by atoms with E-state index in [1.807, 2.05) is 24.7 Å². The molecule has 0 atom stereocenters. The van der Waals surface area contributed by atoms with E-state index in [2.05, 4.69) is 19.9 Å². The Morgan fingerprint density at radius 2 is 2.00 bits per heavy atom. The lowest BCUT2D eigenvalue weighted by atomic mass is 10.2. The molecule has 1 aromatic carbocycles. The molecule has 32 heavy (non-hydrogen) atoms. The van der Waals surface area contributed by atoms with Gasteiger partial charge in [0, 0.05) is 25.4 Å². The smallest absolute Gasteiger partial charge is 0.264 e. The zero-order valence-electron chi connectivity index (χ0n) is 18.2. The van der Waals surface area contributed by atoms with Crippen LogP contribution in [0.2, 0.25) is 0 Å². The molecule has 1 aliphatic rings. The molecule has 1 aliphatic heterocycles. The van der Waals surface area contributed by atoms with Gasteiger partial charge in [0.2, 0.25) is 0 Å². The van der Waals surface area contributed by atoms with Crippen LogP contribution in [0.15, 0.2) is 30.3 Å². The number of aromatic nitrogens is 5. The molecule has 0 N–H and O–H groups in total. The van der Waals surface area contributed by atoms with Crippen molar-refractivity contribution in [2.75, 3.05) is 7.05 Å². The van der Waals surface area contributed by atoms with E-state index >= 15 is 0 Å². The monoisotopic (exact) mass is 452 g/mol. The van der Waals surface area contributed by atoms with Crippen molar-refractivity contribution in [3.05, 3.63) is 63.9 Å². The van der Waals surface area contributed by atoms with Crippen molar-refractivity contribution in [2.45, 2.75) is 52.2 Å². The summed E-state index contributed by atoms with van der Waals surface area (Å²) < 4.78 is 17.3. The third-order valence-corrected chi connectivity index (χ3v) is 7.11. The zero-order chi connectivity index (χ0) is 22.2. The van der Waals surface area contributed by atoms with Crippen LogP contribution < -0.4 is 0 Å². The van der Waals surface area contributed by atoms with Crippen molar-refractivity contribution < 1.29 is 9.18 Å². The Balaban J connectivity index is 1.37. The number of hydrogen-bond acceptors (Lipinski definition) is 5. The molecule has 4 heterocycles. The average Bonchev–Trinajstić information content (AvgIpc) is 3.40. The summed E-state index contributed by atoms with van der Waals surface area (Å²) in [7, 11) is 1.81. The van der Waals surface area contributed by atoms with E-state index in [1.54, 1.807) is 17.0 Å². The van der Waals surface area contributed by atoms with Crippen molar-refractivity contribution in [3.63, 3.8) is 0 Å². The molecule has 9 heteroatoms. The summed E-state index contributed by atoms with van der Waals surface area (Å²) in [6.45, 7) is 3.82. The highest BCUT2D eigenvalue weighted by atomic mass is 32.1. The lowest BCUT2D eigenvalue weighted by molar-refractivity contribution is 0.0784. The Hall–Kier alpha value is -3.07. The van der Waals surface area contributed by atoms with Gasteiger partial charge in [0.15, 0.2) is 5.82 Å². The number of benzene rings is 1. The Bertz CT molecular complexity index is 1270. The van der Waals surface area contributed by atoms with E-state index < -0.39 is 0 Å². The van der Waals surface area contributed by atoms with E-state index in [-0.39, 0.29) is 11.7 Å². The van der Waals surface area contributed by atoms with E-state index in [9.17, 15) is 9.18 Å². The molecule has 0 saturated carbocycles. The SMILES string of the molecule is Cc1nn(Cc2ccc(F)cc2)c2sc(C(=O)N(C)Cc3nnc4n3CCCCC4)cc12. The molecule has 4 aromatic rings. The lowest BCUT2D eigenvalue weighted by Crippen LogP contribution is -2.27. The van der Waals surface area contributed by atoms with Gasteiger partial charge in [-0.1, -0.05) is 18.6 Å². The number of fused-ring (bicyclic) bond motifs is 2. The number of carbonyl (C=O) groups excluding carboxylic acids is 1. The number of amides is 1. The van der Waals surface area contributed by atoms with Gasteiger partial charge in [0.05, 0.1) is 23.7 Å². The maximum Gasteiger partial charge on any atom is 0.264 e. The van der Waals surface area contributed by atoms with Crippen LogP contribution in [0.4, 0.5) is 4.39 Å². The van der Waals surface area contributed by atoms with Gasteiger partial charge in [-0.3, -0.25) is 9.48 Å². The van der Waals surface area contributed by atoms with E-state index in [1.165, 1.54) is 29.9 Å². The highest BCUT2D eigenvalue weighted by Gasteiger charge is 2.22. The van der Waals surface area contributed by atoms with Gasteiger partial charge in [0.25, 0.3) is 5.91 Å². The minimum atomic E-state index is -0.257. The highest BCUT2D eigenvalue weighted by Crippen LogP contribution is 2.30. The van der Waals surface area contributed by atoms with Crippen LogP contribution in [0.5, 0.6) is 0 Å².